The molecule has 100 valence electrons. The molecule has 0 unspecified atom stereocenters. The minimum absolute atomic E-state index is 0. The molecular weight excluding hydrogens is 264 g/mol. The maximum Gasteiger partial charge on any atom is 0.259 e. The first-order chi connectivity index (χ1) is 7.56. The average molecular weight is 283 g/mol. The second-order valence-corrected chi connectivity index (χ2v) is 5.24. The number of sulfonamides is 1. The number of hydrogen-bond acceptors (Lipinski definition) is 4. The zero-order valence-corrected chi connectivity index (χ0v) is 11.6. The van der Waals surface area contributed by atoms with Crippen molar-refractivity contribution in [2.24, 2.45) is 7.05 Å². The van der Waals surface area contributed by atoms with E-state index < -0.39 is 10.0 Å². The van der Waals surface area contributed by atoms with Gasteiger partial charge in [0.1, 0.15) is 0 Å². The van der Waals surface area contributed by atoms with Gasteiger partial charge in [0.15, 0.2) is 5.03 Å². The molecule has 0 spiro atoms. The van der Waals surface area contributed by atoms with Gasteiger partial charge >= 0.3 is 0 Å². The molecule has 0 radical (unpaired) electrons. The van der Waals surface area contributed by atoms with Gasteiger partial charge in [-0.15, -0.1) is 12.4 Å². The van der Waals surface area contributed by atoms with Crippen molar-refractivity contribution in [3.05, 3.63) is 12.5 Å². The van der Waals surface area contributed by atoms with E-state index in [9.17, 15) is 8.42 Å². The predicted molar refractivity (Wildman–Crippen MR) is 68.8 cm³/mol. The quantitative estimate of drug-likeness (QED) is 0.697. The Morgan fingerprint density at radius 2 is 2.06 bits per heavy atom. The van der Waals surface area contributed by atoms with Gasteiger partial charge in [-0.1, -0.05) is 6.92 Å². The number of aryl methyl sites for hydroxylation is 1. The molecule has 6 nitrogen and oxygen atoms in total. The summed E-state index contributed by atoms with van der Waals surface area (Å²) in [6, 6.07) is 0. The number of halogens is 1. The van der Waals surface area contributed by atoms with E-state index in [-0.39, 0.29) is 17.4 Å². The van der Waals surface area contributed by atoms with Crippen molar-refractivity contribution in [3.8, 4) is 0 Å². The van der Waals surface area contributed by atoms with Crippen LogP contribution in [0.3, 0.4) is 0 Å². The minimum Gasteiger partial charge on any atom is -0.339 e. The second-order valence-electron chi connectivity index (χ2n) is 3.53. The molecule has 8 heteroatoms. The second kappa shape index (κ2) is 7.65. The van der Waals surface area contributed by atoms with E-state index >= 15 is 0 Å². The fraction of sp³-hybridized carbons (Fsp3) is 0.667. The fourth-order valence-corrected chi connectivity index (χ4v) is 2.19. The lowest BCUT2D eigenvalue weighted by Crippen LogP contribution is -2.32. The molecule has 0 fully saturated rings. The molecule has 1 rings (SSSR count). The smallest absolute Gasteiger partial charge is 0.259 e. The summed E-state index contributed by atoms with van der Waals surface area (Å²) in [5.74, 6) is 0. The Morgan fingerprint density at radius 1 is 1.35 bits per heavy atom. The van der Waals surface area contributed by atoms with Crippen LogP contribution in [0.4, 0.5) is 0 Å². The van der Waals surface area contributed by atoms with Gasteiger partial charge in [0.2, 0.25) is 0 Å². The Morgan fingerprint density at radius 3 is 2.59 bits per heavy atom. The monoisotopic (exact) mass is 282 g/mol. The van der Waals surface area contributed by atoms with E-state index in [4.69, 9.17) is 0 Å². The third-order valence-corrected chi connectivity index (χ3v) is 3.32. The minimum atomic E-state index is -3.45. The number of rotatable bonds is 7. The molecule has 0 aliphatic heterocycles. The van der Waals surface area contributed by atoms with Crippen LogP contribution in [0.5, 0.6) is 0 Å². The van der Waals surface area contributed by atoms with Gasteiger partial charge in [-0.2, -0.15) is 0 Å². The van der Waals surface area contributed by atoms with Crippen molar-refractivity contribution in [1.82, 2.24) is 19.6 Å². The van der Waals surface area contributed by atoms with E-state index in [1.165, 1.54) is 12.5 Å². The van der Waals surface area contributed by atoms with Crippen molar-refractivity contribution >= 4 is 22.4 Å². The Kier molecular flexibility index (Phi) is 7.37. The maximum atomic E-state index is 11.7. The van der Waals surface area contributed by atoms with E-state index in [2.05, 4.69) is 21.9 Å². The highest BCUT2D eigenvalue weighted by atomic mass is 35.5. The first-order valence-electron chi connectivity index (χ1n) is 5.24. The zero-order chi connectivity index (χ0) is 12.0. The maximum absolute atomic E-state index is 11.7. The molecule has 0 aromatic carbocycles. The van der Waals surface area contributed by atoms with Crippen LogP contribution in [-0.4, -0.2) is 37.6 Å². The summed E-state index contributed by atoms with van der Waals surface area (Å²) in [6.45, 7) is 3.95. The highest BCUT2D eigenvalue weighted by molar-refractivity contribution is 7.89. The summed E-state index contributed by atoms with van der Waals surface area (Å²) >= 11 is 0. The van der Waals surface area contributed by atoms with Crippen LogP contribution < -0.4 is 10.0 Å². The van der Waals surface area contributed by atoms with Crippen molar-refractivity contribution in [1.29, 1.82) is 0 Å². The molecule has 0 bridgehead atoms. The van der Waals surface area contributed by atoms with Crippen LogP contribution in [-0.2, 0) is 17.1 Å². The Hall–Kier alpha value is -0.630. The molecule has 0 aliphatic rings. The van der Waals surface area contributed by atoms with Crippen molar-refractivity contribution in [2.45, 2.75) is 18.4 Å². The van der Waals surface area contributed by atoms with Gasteiger partial charge in [-0.05, 0) is 13.0 Å². The Balaban J connectivity index is 0.00000256. The molecule has 1 heterocycles. The first-order valence-corrected chi connectivity index (χ1v) is 6.73. The third kappa shape index (κ3) is 5.49. The highest BCUT2D eigenvalue weighted by Crippen LogP contribution is 2.02. The molecule has 0 aliphatic carbocycles. The van der Waals surface area contributed by atoms with Gasteiger partial charge < -0.3 is 9.88 Å². The fourth-order valence-electron chi connectivity index (χ4n) is 1.18. The molecule has 0 amide bonds. The molecule has 0 saturated heterocycles. The SMILES string of the molecule is CCCNCCNS(=O)(=O)c1cn(C)cn1.Cl. The molecular formula is C9H19ClN4O2S. The Labute approximate surface area is 108 Å². The predicted octanol–water partition coefficient (Wildman–Crippen LogP) is 0.120. The summed E-state index contributed by atoms with van der Waals surface area (Å²) in [5.41, 5.74) is 0. The molecule has 0 atom stereocenters. The van der Waals surface area contributed by atoms with Crippen LogP contribution in [0.15, 0.2) is 17.6 Å². The van der Waals surface area contributed by atoms with E-state index in [1.807, 2.05) is 0 Å². The molecule has 1 aromatic rings. The van der Waals surface area contributed by atoms with Gasteiger partial charge in [-0.25, -0.2) is 18.1 Å². The van der Waals surface area contributed by atoms with E-state index in [0.717, 1.165) is 13.0 Å². The van der Waals surface area contributed by atoms with Crippen molar-refractivity contribution in [3.63, 3.8) is 0 Å². The topological polar surface area (TPSA) is 76.0 Å². The third-order valence-electron chi connectivity index (χ3n) is 1.98. The molecule has 17 heavy (non-hydrogen) atoms. The summed E-state index contributed by atoms with van der Waals surface area (Å²) in [5, 5.41) is 3.17. The van der Waals surface area contributed by atoms with Gasteiger partial charge in [0.05, 0.1) is 6.33 Å². The molecule has 2 N–H and O–H groups in total. The lowest BCUT2D eigenvalue weighted by atomic mass is 10.5. The number of nitrogens with zero attached hydrogens (tertiary/aromatic N) is 2. The van der Waals surface area contributed by atoms with E-state index in [1.54, 1.807) is 11.6 Å². The van der Waals surface area contributed by atoms with Gasteiger partial charge in [-0.3, -0.25) is 0 Å². The summed E-state index contributed by atoms with van der Waals surface area (Å²) in [7, 11) is -1.72. The van der Waals surface area contributed by atoms with Crippen LogP contribution in [0.25, 0.3) is 0 Å². The summed E-state index contributed by atoms with van der Waals surface area (Å²) in [6.07, 6.45) is 3.97. The lowest BCUT2D eigenvalue weighted by Gasteiger charge is -2.04. The summed E-state index contributed by atoms with van der Waals surface area (Å²) in [4.78, 5) is 3.79. The zero-order valence-electron chi connectivity index (χ0n) is 10.0. The van der Waals surface area contributed by atoms with Crippen LogP contribution in [0.2, 0.25) is 0 Å². The number of aromatic nitrogens is 2. The normalized spacial score (nSPS) is 11.2. The Bertz CT molecular complexity index is 418. The van der Waals surface area contributed by atoms with E-state index in [0.29, 0.717) is 13.1 Å². The molecule has 0 saturated carbocycles. The standard InChI is InChI=1S/C9H18N4O2S.ClH/c1-3-4-10-5-6-12-16(14,15)9-7-13(2)8-11-9;/h7-8,10,12H,3-6H2,1-2H3;1H. The van der Waals surface area contributed by atoms with Gasteiger partial charge in [0, 0.05) is 26.3 Å². The highest BCUT2D eigenvalue weighted by Gasteiger charge is 2.15. The lowest BCUT2D eigenvalue weighted by molar-refractivity contribution is 0.572. The number of hydrogen-bond donors (Lipinski definition) is 2. The molecule has 1 aromatic heterocycles. The van der Waals surface area contributed by atoms with Gasteiger partial charge in [0.25, 0.3) is 10.0 Å². The summed E-state index contributed by atoms with van der Waals surface area (Å²) < 4.78 is 27.4. The van der Waals surface area contributed by atoms with Crippen LogP contribution in [0, 0.1) is 0 Å². The van der Waals surface area contributed by atoms with Crippen LogP contribution >= 0.6 is 12.4 Å². The average Bonchev–Trinajstić information content (AvgIpc) is 2.65. The first kappa shape index (κ1) is 16.4. The van der Waals surface area contributed by atoms with Crippen LogP contribution in [0.1, 0.15) is 13.3 Å². The van der Waals surface area contributed by atoms with Crippen molar-refractivity contribution in [2.75, 3.05) is 19.6 Å². The largest absolute Gasteiger partial charge is 0.339 e. The van der Waals surface area contributed by atoms with Crippen molar-refractivity contribution < 1.29 is 8.42 Å². The number of imidazole rings is 1. The number of nitrogens with one attached hydrogen (secondary N) is 2.